The molecular formula is C46H49FN8O6. The maximum atomic E-state index is 15.5. The van der Waals surface area contributed by atoms with Crippen LogP contribution in [0.1, 0.15) is 88.0 Å². The zero-order valence-corrected chi connectivity index (χ0v) is 33.9. The van der Waals surface area contributed by atoms with Crippen molar-refractivity contribution < 1.29 is 33.4 Å². The van der Waals surface area contributed by atoms with Gasteiger partial charge in [0, 0.05) is 81.1 Å². The molecule has 316 valence electrons. The molecule has 0 spiro atoms. The molecule has 15 heteroatoms. The summed E-state index contributed by atoms with van der Waals surface area (Å²) in [5, 5.41) is 26.3. The number of halogens is 1. The van der Waals surface area contributed by atoms with Crippen LogP contribution in [0.25, 0.3) is 10.9 Å². The molecule has 3 aromatic carbocycles. The van der Waals surface area contributed by atoms with Gasteiger partial charge in [-0.05, 0) is 112 Å². The lowest BCUT2D eigenvalue weighted by Gasteiger charge is -2.40. The summed E-state index contributed by atoms with van der Waals surface area (Å²) < 4.78 is 21.8. The number of nitrogens with one attached hydrogen (secondary N) is 2. The molecule has 3 saturated heterocycles. The SMILES string of the molecule is N#Cc1ccc(O[C@H]2CC[C@H](NC(=O)c3ccc(N4CCC(CN5CCN(c6cc7c(cc6F)C(=O)N(C6CCC(=O)NC6O)C7=O)CC5)CC4)cc3)CC2)c2cccnc12. The molecule has 1 aromatic heterocycles. The van der Waals surface area contributed by atoms with Crippen LogP contribution in [0, 0.1) is 23.1 Å². The van der Waals surface area contributed by atoms with Gasteiger partial charge in [-0.25, -0.2) is 4.39 Å². The zero-order valence-electron chi connectivity index (χ0n) is 33.9. The number of aliphatic hydroxyl groups is 1. The second kappa shape index (κ2) is 17.1. The van der Waals surface area contributed by atoms with Gasteiger partial charge in [0.1, 0.15) is 23.9 Å². The number of piperazine rings is 1. The number of carbonyl (C=O) groups is 4. The number of anilines is 2. The molecule has 61 heavy (non-hydrogen) atoms. The van der Waals surface area contributed by atoms with Crippen molar-refractivity contribution in [2.75, 3.05) is 55.6 Å². The summed E-state index contributed by atoms with van der Waals surface area (Å²) in [5.74, 6) is -0.967. The van der Waals surface area contributed by atoms with Crippen molar-refractivity contribution in [1.82, 2.24) is 25.4 Å². The Labute approximate surface area is 353 Å². The van der Waals surface area contributed by atoms with Crippen molar-refractivity contribution >= 4 is 45.9 Å². The maximum Gasteiger partial charge on any atom is 0.262 e. The summed E-state index contributed by atoms with van der Waals surface area (Å²) in [5.41, 5.74) is 3.30. The quantitative estimate of drug-likeness (QED) is 0.202. The molecule has 4 aromatic rings. The molecule has 1 saturated carbocycles. The first kappa shape index (κ1) is 40.3. The minimum atomic E-state index is -1.37. The highest BCUT2D eigenvalue weighted by molar-refractivity contribution is 6.22. The lowest BCUT2D eigenvalue weighted by atomic mass is 9.92. The van der Waals surface area contributed by atoms with Crippen LogP contribution in [0.4, 0.5) is 15.8 Å². The van der Waals surface area contributed by atoms with Crippen LogP contribution in [0.2, 0.25) is 0 Å². The number of benzene rings is 3. The lowest BCUT2D eigenvalue weighted by molar-refractivity contribution is -0.129. The number of piperidine rings is 2. The molecule has 9 rings (SSSR count). The van der Waals surface area contributed by atoms with Gasteiger partial charge in [0.05, 0.1) is 40.0 Å². The number of nitrogens with zero attached hydrogens (tertiary/aromatic N) is 6. The molecule has 5 heterocycles. The van der Waals surface area contributed by atoms with Crippen LogP contribution in [0.15, 0.2) is 66.9 Å². The molecule has 14 nitrogen and oxygen atoms in total. The Morgan fingerprint density at radius 1 is 0.885 bits per heavy atom. The van der Waals surface area contributed by atoms with E-state index in [0.29, 0.717) is 35.7 Å². The smallest absolute Gasteiger partial charge is 0.262 e. The van der Waals surface area contributed by atoms with E-state index >= 15 is 4.39 Å². The van der Waals surface area contributed by atoms with E-state index in [9.17, 15) is 29.5 Å². The standard InChI is InChI=1S/C46H49FN8O6/c47-37-24-35-36(46(60)55(45(35)59)38-12-14-41(56)51-44(38)58)25-39(37)54-22-20-52(21-23-54)27-28-15-18-53(19-16-28)32-8-3-29(4-9-32)43(57)50-31-6-10-33(11-7-31)61-40-13-5-30(26-48)42-34(40)2-1-17-49-42/h1-5,8-9,13,17,24-25,28,31,33,38,44,58H,6-7,10-12,14-16,18-23,27H2,(H,50,57)(H,51,56)/t31-,33-,38?,44?. The summed E-state index contributed by atoms with van der Waals surface area (Å²) in [6, 6.07) is 19.2. The van der Waals surface area contributed by atoms with E-state index in [2.05, 4.69) is 31.5 Å². The van der Waals surface area contributed by atoms with E-state index in [1.165, 1.54) is 6.07 Å². The molecule has 3 N–H and O–H groups in total. The molecule has 4 aliphatic heterocycles. The van der Waals surface area contributed by atoms with Gasteiger partial charge in [-0.15, -0.1) is 0 Å². The summed E-state index contributed by atoms with van der Waals surface area (Å²) in [6.07, 6.45) is 5.92. The average molecular weight is 829 g/mol. The second-order valence-electron chi connectivity index (χ2n) is 16.9. The third-order valence-corrected chi connectivity index (χ3v) is 13.1. The molecule has 0 radical (unpaired) electrons. The Morgan fingerprint density at radius 3 is 2.31 bits per heavy atom. The second-order valence-corrected chi connectivity index (χ2v) is 16.9. The van der Waals surface area contributed by atoms with Crippen LogP contribution in [-0.4, -0.2) is 114 Å². The fourth-order valence-electron chi connectivity index (χ4n) is 9.70. The number of fused-ring (bicyclic) bond motifs is 2. The molecule has 4 fully saturated rings. The monoisotopic (exact) mass is 828 g/mol. The predicted octanol–water partition coefficient (Wildman–Crippen LogP) is 4.60. The van der Waals surface area contributed by atoms with E-state index in [1.54, 1.807) is 12.3 Å². The number of hydrogen-bond donors (Lipinski definition) is 3. The highest BCUT2D eigenvalue weighted by Crippen LogP contribution is 2.35. The number of pyridine rings is 1. The summed E-state index contributed by atoms with van der Waals surface area (Å²) >= 11 is 0. The fourth-order valence-corrected chi connectivity index (χ4v) is 9.70. The first-order chi connectivity index (χ1) is 29.6. The van der Waals surface area contributed by atoms with Crippen molar-refractivity contribution in [3.63, 3.8) is 0 Å². The molecular weight excluding hydrogens is 780 g/mol. The molecule has 4 amide bonds. The van der Waals surface area contributed by atoms with Crippen LogP contribution in [0.5, 0.6) is 5.75 Å². The van der Waals surface area contributed by atoms with Gasteiger partial charge in [-0.2, -0.15) is 5.26 Å². The van der Waals surface area contributed by atoms with Gasteiger partial charge in [-0.1, -0.05) is 0 Å². The van der Waals surface area contributed by atoms with Crippen molar-refractivity contribution in [2.24, 2.45) is 5.92 Å². The van der Waals surface area contributed by atoms with Gasteiger partial charge in [0.2, 0.25) is 5.91 Å². The summed E-state index contributed by atoms with van der Waals surface area (Å²) in [4.78, 5) is 63.5. The first-order valence-corrected chi connectivity index (χ1v) is 21.4. The summed E-state index contributed by atoms with van der Waals surface area (Å²) in [6.45, 7) is 5.45. The number of ether oxygens (including phenoxy) is 1. The summed E-state index contributed by atoms with van der Waals surface area (Å²) in [7, 11) is 0. The topological polar surface area (TPSA) is 171 Å². The maximum absolute atomic E-state index is 15.5. The number of aliphatic hydroxyl groups excluding tert-OH is 1. The van der Waals surface area contributed by atoms with Crippen LogP contribution >= 0.6 is 0 Å². The van der Waals surface area contributed by atoms with Gasteiger partial charge in [0.25, 0.3) is 17.7 Å². The van der Waals surface area contributed by atoms with E-state index in [0.717, 1.165) is 99.0 Å². The highest BCUT2D eigenvalue weighted by atomic mass is 19.1. The zero-order chi connectivity index (χ0) is 42.2. The highest BCUT2D eigenvalue weighted by Gasteiger charge is 2.45. The third-order valence-electron chi connectivity index (χ3n) is 13.1. The number of carbonyl (C=O) groups excluding carboxylic acids is 4. The van der Waals surface area contributed by atoms with Crippen LogP contribution < -0.4 is 25.2 Å². The van der Waals surface area contributed by atoms with Crippen LogP contribution in [0.3, 0.4) is 0 Å². The third kappa shape index (κ3) is 8.22. The van der Waals surface area contributed by atoms with Gasteiger partial charge in [-0.3, -0.25) is 34.0 Å². The normalized spacial score (nSPS) is 23.8. The number of nitriles is 1. The minimum absolute atomic E-state index is 0.0205. The Morgan fingerprint density at radius 2 is 1.61 bits per heavy atom. The van der Waals surface area contributed by atoms with E-state index in [-0.39, 0.29) is 53.6 Å². The Hall–Kier alpha value is -6.11. The van der Waals surface area contributed by atoms with Gasteiger partial charge in [0.15, 0.2) is 0 Å². The van der Waals surface area contributed by atoms with E-state index in [1.807, 2.05) is 47.4 Å². The molecule has 0 bridgehead atoms. The van der Waals surface area contributed by atoms with E-state index in [4.69, 9.17) is 4.74 Å². The van der Waals surface area contributed by atoms with Gasteiger partial charge >= 0.3 is 0 Å². The fraction of sp³-hybridized carbons (Fsp3) is 0.435. The molecule has 2 atom stereocenters. The largest absolute Gasteiger partial charge is 0.490 e. The Bertz CT molecular complexity index is 2380. The molecule has 5 aliphatic rings. The minimum Gasteiger partial charge on any atom is -0.490 e. The van der Waals surface area contributed by atoms with Crippen molar-refractivity contribution in [3.8, 4) is 11.8 Å². The molecule has 1 aliphatic carbocycles. The van der Waals surface area contributed by atoms with Crippen molar-refractivity contribution in [1.29, 1.82) is 5.26 Å². The van der Waals surface area contributed by atoms with Crippen molar-refractivity contribution in [3.05, 3.63) is 94.9 Å². The Kier molecular flexibility index (Phi) is 11.3. The first-order valence-electron chi connectivity index (χ1n) is 21.4. The molecule has 2 unspecified atom stereocenters. The number of rotatable bonds is 9. The number of aromatic nitrogens is 1. The van der Waals surface area contributed by atoms with Crippen LogP contribution in [-0.2, 0) is 4.79 Å². The predicted molar refractivity (Wildman–Crippen MR) is 225 cm³/mol. The Balaban J connectivity index is 0.709. The number of amides is 4. The number of imide groups is 1. The van der Waals surface area contributed by atoms with Crippen molar-refractivity contribution in [2.45, 2.75) is 75.8 Å². The van der Waals surface area contributed by atoms with Gasteiger partial charge < -0.3 is 30.3 Å². The number of hydrogen-bond acceptors (Lipinski definition) is 11. The van der Waals surface area contributed by atoms with E-state index < -0.39 is 29.9 Å². The average Bonchev–Trinajstić information content (AvgIpc) is 3.51. The lowest BCUT2D eigenvalue weighted by Crippen LogP contribution is -2.57.